The Hall–Kier alpha value is -1.41. The minimum Gasteiger partial charge on any atom is -0.310 e. The molecule has 1 heterocycles. The number of nitrogens with zero attached hydrogens (tertiary/aromatic N) is 1. The van der Waals surface area contributed by atoms with Crippen molar-refractivity contribution in [2.45, 2.75) is 33.2 Å². The molecule has 2 atom stereocenters. The van der Waals surface area contributed by atoms with E-state index in [9.17, 15) is 0 Å². The van der Waals surface area contributed by atoms with Crippen LogP contribution in [0.15, 0.2) is 36.5 Å². The summed E-state index contributed by atoms with van der Waals surface area (Å²) in [7, 11) is 0. The Bertz CT molecular complexity index is 507. The highest BCUT2D eigenvalue weighted by molar-refractivity contribution is 5.78. The number of fused-ring (bicyclic) bond motifs is 1. The molecular formula is C16H22N2. The number of hydrogen-bond acceptors (Lipinski definition) is 2. The van der Waals surface area contributed by atoms with Crippen LogP contribution in [0.1, 0.15) is 38.8 Å². The standard InChI is InChI=1S/C16H22N2/c1-4-12(3)16(17-5-2)14-10-13-8-6-7-9-15(13)18-11-14/h6-12,16-17H,4-5H2,1-3H3. The molecule has 0 aliphatic heterocycles. The van der Waals surface area contributed by atoms with Crippen molar-refractivity contribution in [1.29, 1.82) is 0 Å². The average Bonchev–Trinajstić information content (AvgIpc) is 2.43. The highest BCUT2D eigenvalue weighted by Crippen LogP contribution is 2.26. The third-order valence-corrected chi connectivity index (χ3v) is 3.61. The molecule has 0 spiro atoms. The SMILES string of the molecule is CCNC(c1cnc2ccccc2c1)C(C)CC. The smallest absolute Gasteiger partial charge is 0.0702 e. The number of pyridine rings is 1. The Morgan fingerprint density at radius 3 is 2.72 bits per heavy atom. The Morgan fingerprint density at radius 2 is 2.00 bits per heavy atom. The largest absolute Gasteiger partial charge is 0.310 e. The first-order valence-electron chi connectivity index (χ1n) is 6.84. The highest BCUT2D eigenvalue weighted by Gasteiger charge is 2.17. The van der Waals surface area contributed by atoms with Gasteiger partial charge < -0.3 is 5.32 Å². The summed E-state index contributed by atoms with van der Waals surface area (Å²) in [5, 5.41) is 4.80. The second kappa shape index (κ2) is 5.96. The fourth-order valence-corrected chi connectivity index (χ4v) is 2.36. The predicted octanol–water partition coefficient (Wildman–Crippen LogP) is 3.93. The first-order chi connectivity index (χ1) is 8.76. The lowest BCUT2D eigenvalue weighted by atomic mass is 9.93. The molecule has 0 aliphatic rings. The van der Waals surface area contributed by atoms with Gasteiger partial charge in [-0.05, 0) is 30.2 Å². The quantitative estimate of drug-likeness (QED) is 0.859. The normalized spacial score (nSPS) is 14.6. The van der Waals surface area contributed by atoms with E-state index < -0.39 is 0 Å². The van der Waals surface area contributed by atoms with Crippen LogP contribution >= 0.6 is 0 Å². The van der Waals surface area contributed by atoms with E-state index in [1.165, 1.54) is 17.4 Å². The summed E-state index contributed by atoms with van der Waals surface area (Å²) >= 11 is 0. The van der Waals surface area contributed by atoms with Crippen LogP contribution in [0, 0.1) is 5.92 Å². The summed E-state index contributed by atoms with van der Waals surface area (Å²) in [4.78, 5) is 4.56. The van der Waals surface area contributed by atoms with Crippen LogP contribution in [0.3, 0.4) is 0 Å². The number of aromatic nitrogens is 1. The van der Waals surface area contributed by atoms with Crippen molar-refractivity contribution in [2.24, 2.45) is 5.92 Å². The van der Waals surface area contributed by atoms with Crippen LogP contribution in [0.2, 0.25) is 0 Å². The maximum Gasteiger partial charge on any atom is 0.0702 e. The maximum absolute atomic E-state index is 4.56. The van der Waals surface area contributed by atoms with Gasteiger partial charge >= 0.3 is 0 Å². The highest BCUT2D eigenvalue weighted by atomic mass is 14.9. The number of nitrogens with one attached hydrogen (secondary N) is 1. The Morgan fingerprint density at radius 1 is 1.22 bits per heavy atom. The summed E-state index contributed by atoms with van der Waals surface area (Å²) in [6.45, 7) is 7.68. The van der Waals surface area contributed by atoms with Crippen LogP contribution in [0.5, 0.6) is 0 Å². The van der Waals surface area contributed by atoms with Crippen LogP contribution in [0.4, 0.5) is 0 Å². The summed E-state index contributed by atoms with van der Waals surface area (Å²) in [6, 6.07) is 11.0. The van der Waals surface area contributed by atoms with Crippen molar-refractivity contribution in [3.05, 3.63) is 42.1 Å². The van der Waals surface area contributed by atoms with E-state index in [0.29, 0.717) is 12.0 Å². The molecule has 2 heteroatoms. The van der Waals surface area contributed by atoms with Crippen LogP contribution < -0.4 is 5.32 Å². The third-order valence-electron chi connectivity index (χ3n) is 3.61. The summed E-state index contributed by atoms with van der Waals surface area (Å²) in [6.07, 6.45) is 3.19. The second-order valence-electron chi connectivity index (χ2n) is 4.88. The van der Waals surface area contributed by atoms with Gasteiger partial charge in [-0.1, -0.05) is 45.4 Å². The van der Waals surface area contributed by atoms with Gasteiger partial charge in [0.15, 0.2) is 0 Å². The van der Waals surface area contributed by atoms with E-state index in [1.807, 2.05) is 12.3 Å². The Kier molecular flexibility index (Phi) is 4.32. The van der Waals surface area contributed by atoms with E-state index >= 15 is 0 Å². The molecule has 0 bridgehead atoms. The van der Waals surface area contributed by atoms with E-state index in [-0.39, 0.29) is 0 Å². The van der Waals surface area contributed by atoms with E-state index in [0.717, 1.165) is 12.1 Å². The molecule has 2 nitrogen and oxygen atoms in total. The van der Waals surface area contributed by atoms with Crippen molar-refractivity contribution in [2.75, 3.05) is 6.54 Å². The van der Waals surface area contributed by atoms with Gasteiger partial charge in [0.25, 0.3) is 0 Å². The summed E-state index contributed by atoms with van der Waals surface area (Å²) in [5.74, 6) is 0.618. The molecule has 0 saturated carbocycles. The number of rotatable bonds is 5. The first kappa shape index (κ1) is 13.0. The molecule has 1 aromatic heterocycles. The van der Waals surface area contributed by atoms with Gasteiger partial charge in [-0.25, -0.2) is 0 Å². The fourth-order valence-electron chi connectivity index (χ4n) is 2.36. The minimum atomic E-state index is 0.400. The van der Waals surface area contributed by atoms with Gasteiger partial charge in [-0.15, -0.1) is 0 Å². The molecule has 2 rings (SSSR count). The number of hydrogen-bond donors (Lipinski definition) is 1. The van der Waals surface area contributed by atoms with Crippen molar-refractivity contribution in [3.8, 4) is 0 Å². The van der Waals surface area contributed by atoms with Gasteiger partial charge in [0.1, 0.15) is 0 Å². The van der Waals surface area contributed by atoms with Gasteiger partial charge in [-0.3, -0.25) is 4.98 Å². The third kappa shape index (κ3) is 2.70. The van der Waals surface area contributed by atoms with E-state index in [1.54, 1.807) is 0 Å². The van der Waals surface area contributed by atoms with Crippen molar-refractivity contribution in [1.82, 2.24) is 10.3 Å². The minimum absolute atomic E-state index is 0.400. The summed E-state index contributed by atoms with van der Waals surface area (Å²) in [5.41, 5.74) is 2.37. The zero-order valence-electron chi connectivity index (χ0n) is 11.5. The van der Waals surface area contributed by atoms with E-state index in [4.69, 9.17) is 0 Å². The maximum atomic E-state index is 4.56. The lowest BCUT2D eigenvalue weighted by Gasteiger charge is -2.24. The average molecular weight is 242 g/mol. The molecule has 1 N–H and O–H groups in total. The molecule has 18 heavy (non-hydrogen) atoms. The summed E-state index contributed by atoms with van der Waals surface area (Å²) < 4.78 is 0. The molecule has 1 aromatic carbocycles. The van der Waals surface area contributed by atoms with Crippen molar-refractivity contribution >= 4 is 10.9 Å². The molecule has 2 aromatic rings. The molecule has 0 aliphatic carbocycles. The van der Waals surface area contributed by atoms with Crippen LogP contribution in [-0.4, -0.2) is 11.5 Å². The molecule has 96 valence electrons. The molecule has 2 unspecified atom stereocenters. The molecular weight excluding hydrogens is 220 g/mol. The molecule has 0 fully saturated rings. The van der Waals surface area contributed by atoms with Crippen molar-refractivity contribution < 1.29 is 0 Å². The zero-order valence-corrected chi connectivity index (χ0v) is 11.5. The topological polar surface area (TPSA) is 24.9 Å². The van der Waals surface area contributed by atoms with Gasteiger partial charge in [0, 0.05) is 17.6 Å². The monoisotopic (exact) mass is 242 g/mol. The second-order valence-corrected chi connectivity index (χ2v) is 4.88. The van der Waals surface area contributed by atoms with Crippen LogP contribution in [0.25, 0.3) is 10.9 Å². The van der Waals surface area contributed by atoms with E-state index in [2.05, 4.69) is 55.3 Å². The Balaban J connectivity index is 2.37. The first-order valence-corrected chi connectivity index (χ1v) is 6.84. The van der Waals surface area contributed by atoms with Gasteiger partial charge in [-0.2, -0.15) is 0 Å². The molecule has 0 radical (unpaired) electrons. The van der Waals surface area contributed by atoms with Crippen molar-refractivity contribution in [3.63, 3.8) is 0 Å². The molecule has 0 saturated heterocycles. The Labute approximate surface area is 109 Å². The fraction of sp³-hybridized carbons (Fsp3) is 0.438. The lowest BCUT2D eigenvalue weighted by Crippen LogP contribution is -2.26. The number of para-hydroxylation sites is 1. The van der Waals surface area contributed by atoms with Crippen LogP contribution in [-0.2, 0) is 0 Å². The predicted molar refractivity (Wildman–Crippen MR) is 77.6 cm³/mol. The zero-order chi connectivity index (χ0) is 13.0. The number of benzene rings is 1. The van der Waals surface area contributed by atoms with Gasteiger partial charge in [0.05, 0.1) is 5.52 Å². The van der Waals surface area contributed by atoms with Gasteiger partial charge in [0.2, 0.25) is 0 Å². The lowest BCUT2D eigenvalue weighted by molar-refractivity contribution is 0.383. The molecule has 0 amide bonds.